The van der Waals surface area contributed by atoms with Crippen molar-refractivity contribution in [3.8, 4) is 5.75 Å². The summed E-state index contributed by atoms with van der Waals surface area (Å²) in [5.74, 6) is 0.135. The number of carbonyl (C=O) groups is 1. The highest BCUT2D eigenvalue weighted by Gasteiger charge is 2.20. The highest BCUT2D eigenvalue weighted by molar-refractivity contribution is 7.81. The Hall–Kier alpha value is -1.24. The molecule has 0 bridgehead atoms. The van der Waals surface area contributed by atoms with E-state index in [0.717, 1.165) is 0 Å². The molecule has 0 spiro atoms. The number of carbonyl (C=O) groups excluding carboxylic acids is 1. The van der Waals surface area contributed by atoms with Gasteiger partial charge < -0.3 is 19.7 Å². The second-order valence-corrected chi connectivity index (χ2v) is 5.02. The molecule has 1 rings (SSSR count). The third kappa shape index (κ3) is 5.95. The monoisotopic (exact) mass is 314 g/mol. The predicted octanol–water partition coefficient (Wildman–Crippen LogP) is 1.59. The van der Waals surface area contributed by atoms with Crippen LogP contribution in [0.1, 0.15) is 25.0 Å². The van der Waals surface area contributed by atoms with E-state index >= 15 is 0 Å². The zero-order valence-electron chi connectivity index (χ0n) is 12.1. The largest absolute Gasteiger partial charge is 0.491 e. The lowest BCUT2D eigenvalue weighted by Gasteiger charge is -2.21. The Kier molecular flexibility index (Phi) is 8.19. The summed E-state index contributed by atoms with van der Waals surface area (Å²) in [5, 5.41) is 19.2. The molecule has 21 heavy (non-hydrogen) atoms. The predicted molar refractivity (Wildman–Crippen MR) is 82.6 cm³/mol. The van der Waals surface area contributed by atoms with Gasteiger partial charge in [-0.1, -0.05) is 25.1 Å². The van der Waals surface area contributed by atoms with Crippen LogP contribution >= 0.6 is 12.6 Å². The number of para-hydroxylation sites is 1. The molecule has 1 aromatic carbocycles. The lowest BCUT2D eigenvalue weighted by molar-refractivity contribution is -0.141. The second-order valence-electron chi connectivity index (χ2n) is 4.70. The van der Waals surface area contributed by atoms with Gasteiger partial charge in [-0.25, -0.2) is 0 Å². The number of hydrogen-bond acceptors (Lipinski definition) is 6. The van der Waals surface area contributed by atoms with Gasteiger partial charge in [-0.3, -0.25) is 4.79 Å². The average Bonchev–Trinajstić information content (AvgIpc) is 2.52. The minimum atomic E-state index is -0.727. The molecule has 0 heterocycles. The molecule has 118 valence electrons. The van der Waals surface area contributed by atoms with E-state index in [0.29, 0.717) is 17.7 Å². The van der Waals surface area contributed by atoms with E-state index in [1.54, 1.807) is 12.1 Å². The summed E-state index contributed by atoms with van der Waals surface area (Å²) in [6.07, 6.45) is -0.191. The molecule has 0 aliphatic heterocycles. The maximum Gasteiger partial charge on any atom is 0.315 e. The van der Waals surface area contributed by atoms with Crippen molar-refractivity contribution in [1.29, 1.82) is 0 Å². The maximum atomic E-state index is 11.0. The number of thiol groups is 1. The van der Waals surface area contributed by atoms with Gasteiger partial charge in [0.1, 0.15) is 12.4 Å². The average molecular weight is 314 g/mol. The van der Waals surface area contributed by atoms with Crippen LogP contribution in [0.2, 0.25) is 0 Å². The van der Waals surface area contributed by atoms with Crippen molar-refractivity contribution in [1.82, 2.24) is 0 Å². The van der Waals surface area contributed by atoms with Gasteiger partial charge in [0.25, 0.3) is 0 Å². The maximum absolute atomic E-state index is 11.0. The van der Waals surface area contributed by atoms with Crippen LogP contribution in [0.4, 0.5) is 0 Å². The second kappa shape index (κ2) is 9.65. The van der Waals surface area contributed by atoms with Crippen LogP contribution in [0.15, 0.2) is 24.3 Å². The first-order valence-electron chi connectivity index (χ1n) is 6.87. The molecule has 1 aromatic rings. The van der Waals surface area contributed by atoms with Gasteiger partial charge in [-0.2, -0.15) is 12.6 Å². The van der Waals surface area contributed by atoms with Crippen molar-refractivity contribution >= 4 is 18.6 Å². The van der Waals surface area contributed by atoms with E-state index in [4.69, 9.17) is 14.6 Å². The van der Waals surface area contributed by atoms with E-state index < -0.39 is 6.10 Å². The Bertz CT molecular complexity index is 438. The molecule has 0 amide bonds. The Morgan fingerprint density at radius 2 is 2.05 bits per heavy atom. The standard InChI is InChI=1S/C15H22O5S/c1-11(6-8-20-14(17)10-21)15(18)12-4-2-3-5-13(12)19-9-7-16/h2-5,11,15-16,18,21H,6-10H2,1H3/t11-,15+/m1/s1. The molecule has 0 radical (unpaired) electrons. The minimum absolute atomic E-state index is 0.0504. The van der Waals surface area contributed by atoms with Gasteiger partial charge >= 0.3 is 5.97 Å². The van der Waals surface area contributed by atoms with Gasteiger partial charge in [-0.05, 0) is 18.4 Å². The first-order chi connectivity index (χ1) is 10.1. The van der Waals surface area contributed by atoms with Crippen LogP contribution in [-0.4, -0.2) is 41.8 Å². The normalized spacial score (nSPS) is 13.5. The molecule has 0 unspecified atom stereocenters. The highest BCUT2D eigenvalue weighted by Crippen LogP contribution is 2.31. The highest BCUT2D eigenvalue weighted by atomic mass is 32.1. The van der Waals surface area contributed by atoms with Crippen LogP contribution in [-0.2, 0) is 9.53 Å². The zero-order valence-corrected chi connectivity index (χ0v) is 13.0. The van der Waals surface area contributed by atoms with Gasteiger partial charge in [0.2, 0.25) is 0 Å². The van der Waals surface area contributed by atoms with Crippen LogP contribution in [0, 0.1) is 5.92 Å². The number of esters is 1. The molecule has 0 saturated heterocycles. The van der Waals surface area contributed by atoms with E-state index in [2.05, 4.69) is 12.6 Å². The number of benzene rings is 1. The lowest BCUT2D eigenvalue weighted by atomic mass is 9.94. The van der Waals surface area contributed by atoms with Crippen LogP contribution < -0.4 is 4.74 Å². The summed E-state index contributed by atoms with van der Waals surface area (Å²) in [6, 6.07) is 7.16. The summed E-state index contributed by atoms with van der Waals surface area (Å²) >= 11 is 3.82. The number of aliphatic hydroxyl groups is 2. The molecule has 0 aliphatic carbocycles. The third-order valence-corrected chi connectivity index (χ3v) is 3.35. The fourth-order valence-corrected chi connectivity index (χ4v) is 1.97. The summed E-state index contributed by atoms with van der Waals surface area (Å²) in [6.45, 7) is 2.22. The van der Waals surface area contributed by atoms with Crippen LogP contribution in [0.3, 0.4) is 0 Å². The number of rotatable bonds is 9. The molecule has 6 heteroatoms. The van der Waals surface area contributed by atoms with E-state index in [1.165, 1.54) is 0 Å². The van der Waals surface area contributed by atoms with Gasteiger partial charge in [0, 0.05) is 5.56 Å². The Morgan fingerprint density at radius 3 is 2.71 bits per heavy atom. The molecule has 0 aliphatic rings. The fourth-order valence-electron chi connectivity index (χ4n) is 1.88. The smallest absolute Gasteiger partial charge is 0.315 e. The Morgan fingerprint density at radius 1 is 1.33 bits per heavy atom. The Labute approximate surface area is 130 Å². The van der Waals surface area contributed by atoms with Gasteiger partial charge in [-0.15, -0.1) is 0 Å². The minimum Gasteiger partial charge on any atom is -0.491 e. The van der Waals surface area contributed by atoms with Crippen molar-refractivity contribution in [3.05, 3.63) is 29.8 Å². The first-order valence-corrected chi connectivity index (χ1v) is 7.50. The summed E-state index contributed by atoms with van der Waals surface area (Å²) < 4.78 is 10.4. The number of hydrogen-bond donors (Lipinski definition) is 3. The lowest BCUT2D eigenvalue weighted by Crippen LogP contribution is -2.15. The number of aliphatic hydroxyl groups excluding tert-OH is 2. The van der Waals surface area contributed by atoms with Crippen LogP contribution in [0.25, 0.3) is 0 Å². The molecule has 0 aromatic heterocycles. The summed E-state index contributed by atoms with van der Waals surface area (Å²) in [7, 11) is 0. The molecule has 2 N–H and O–H groups in total. The fraction of sp³-hybridized carbons (Fsp3) is 0.533. The van der Waals surface area contributed by atoms with E-state index in [1.807, 2.05) is 19.1 Å². The molecule has 0 fully saturated rings. The summed E-state index contributed by atoms with van der Waals surface area (Å²) in [5.41, 5.74) is 0.666. The van der Waals surface area contributed by atoms with Crippen LogP contribution in [0.5, 0.6) is 5.75 Å². The quantitative estimate of drug-likeness (QED) is 0.477. The zero-order chi connectivity index (χ0) is 15.7. The van der Waals surface area contributed by atoms with E-state index in [-0.39, 0.29) is 37.5 Å². The van der Waals surface area contributed by atoms with Crippen molar-refractivity contribution in [2.24, 2.45) is 5.92 Å². The number of ether oxygens (including phenoxy) is 2. The van der Waals surface area contributed by atoms with Crippen molar-refractivity contribution < 1.29 is 24.5 Å². The van der Waals surface area contributed by atoms with Crippen molar-refractivity contribution in [2.45, 2.75) is 19.4 Å². The molecular formula is C15H22O5S. The molecular weight excluding hydrogens is 292 g/mol. The molecule has 5 nitrogen and oxygen atoms in total. The van der Waals surface area contributed by atoms with Crippen molar-refractivity contribution in [2.75, 3.05) is 25.6 Å². The molecule has 2 atom stereocenters. The SMILES string of the molecule is C[C@H](CCOC(=O)CS)[C@H](O)c1ccccc1OCCO. The molecule has 0 saturated carbocycles. The Balaban J connectivity index is 2.60. The van der Waals surface area contributed by atoms with Crippen molar-refractivity contribution in [3.63, 3.8) is 0 Å². The topological polar surface area (TPSA) is 76.0 Å². The van der Waals surface area contributed by atoms with Gasteiger partial charge in [0.15, 0.2) is 0 Å². The van der Waals surface area contributed by atoms with E-state index in [9.17, 15) is 9.90 Å². The third-order valence-electron chi connectivity index (χ3n) is 3.09. The summed E-state index contributed by atoms with van der Waals surface area (Å²) in [4.78, 5) is 11.0. The van der Waals surface area contributed by atoms with Gasteiger partial charge in [0.05, 0.1) is 25.1 Å². The first kappa shape index (κ1) is 17.8.